The highest BCUT2D eigenvalue weighted by Gasteiger charge is 2.20. The maximum Gasteiger partial charge on any atom is 0.303 e. The molecule has 1 N–H and O–H groups in total. The van der Waals surface area contributed by atoms with Gasteiger partial charge in [0, 0.05) is 6.42 Å². The lowest BCUT2D eigenvalue weighted by Gasteiger charge is -2.18. The van der Waals surface area contributed by atoms with Crippen molar-refractivity contribution in [1.29, 1.82) is 0 Å². The zero-order valence-electron chi connectivity index (χ0n) is 12.2. The number of methoxy groups -OCH3 is 1. The van der Waals surface area contributed by atoms with E-state index in [2.05, 4.69) is 15.9 Å². The lowest BCUT2D eigenvalue weighted by atomic mass is 10.1. The number of hydrogen-bond acceptors (Lipinski definition) is 3. The summed E-state index contributed by atoms with van der Waals surface area (Å²) in [6, 6.07) is 3.94. The number of carbonyl (C=O) groups is 1. The third-order valence-corrected chi connectivity index (χ3v) is 4.32. The molecule has 5 heteroatoms. The Hall–Kier alpha value is -1.23. The number of aryl methyl sites for hydroxylation is 1. The fourth-order valence-electron chi connectivity index (χ4n) is 2.65. The van der Waals surface area contributed by atoms with E-state index in [-0.39, 0.29) is 12.5 Å². The maximum atomic E-state index is 10.6. The minimum absolute atomic E-state index is 0.181. The van der Waals surface area contributed by atoms with Crippen molar-refractivity contribution in [2.75, 3.05) is 7.11 Å². The number of carboxylic acid groups (broad SMARTS) is 1. The van der Waals surface area contributed by atoms with Gasteiger partial charge in [0.1, 0.15) is 0 Å². The van der Waals surface area contributed by atoms with E-state index in [0.29, 0.717) is 18.6 Å². The smallest absolute Gasteiger partial charge is 0.303 e. The van der Waals surface area contributed by atoms with Gasteiger partial charge in [-0.05, 0) is 72.2 Å². The van der Waals surface area contributed by atoms with Crippen LogP contribution in [0.1, 0.15) is 44.1 Å². The van der Waals surface area contributed by atoms with E-state index in [4.69, 9.17) is 14.6 Å². The van der Waals surface area contributed by atoms with Gasteiger partial charge in [0.15, 0.2) is 11.5 Å². The molecule has 2 rings (SSSR count). The summed E-state index contributed by atoms with van der Waals surface area (Å²) in [7, 11) is 1.63. The molecule has 1 aliphatic rings. The number of benzene rings is 1. The Morgan fingerprint density at radius 3 is 2.71 bits per heavy atom. The van der Waals surface area contributed by atoms with Gasteiger partial charge in [-0.3, -0.25) is 4.79 Å². The van der Waals surface area contributed by atoms with Crippen LogP contribution in [0.3, 0.4) is 0 Å². The average molecular weight is 357 g/mol. The van der Waals surface area contributed by atoms with Gasteiger partial charge >= 0.3 is 5.97 Å². The number of ether oxygens (including phenoxy) is 2. The van der Waals surface area contributed by atoms with Crippen LogP contribution in [0.4, 0.5) is 0 Å². The molecule has 0 bridgehead atoms. The molecule has 4 nitrogen and oxygen atoms in total. The summed E-state index contributed by atoms with van der Waals surface area (Å²) in [5.74, 6) is 0.704. The Morgan fingerprint density at radius 2 is 2.10 bits per heavy atom. The summed E-state index contributed by atoms with van der Waals surface area (Å²) in [6.07, 6.45) is 6.41. The van der Waals surface area contributed by atoms with Gasteiger partial charge in [-0.25, -0.2) is 0 Å². The van der Waals surface area contributed by atoms with Crippen LogP contribution in [-0.2, 0) is 11.2 Å². The maximum absolute atomic E-state index is 10.6. The normalized spacial score (nSPS) is 15.1. The van der Waals surface area contributed by atoms with E-state index >= 15 is 0 Å². The van der Waals surface area contributed by atoms with Crippen LogP contribution in [0.2, 0.25) is 0 Å². The van der Waals surface area contributed by atoms with Crippen LogP contribution >= 0.6 is 15.9 Å². The first kappa shape index (κ1) is 16.1. The fourth-order valence-corrected chi connectivity index (χ4v) is 3.23. The molecule has 0 atom stereocenters. The molecule has 0 radical (unpaired) electrons. The second kappa shape index (κ2) is 7.69. The first-order valence-corrected chi connectivity index (χ1v) is 8.14. The van der Waals surface area contributed by atoms with Gasteiger partial charge < -0.3 is 14.6 Å². The molecule has 0 spiro atoms. The summed E-state index contributed by atoms with van der Waals surface area (Å²) in [4.78, 5) is 10.6. The van der Waals surface area contributed by atoms with E-state index in [1.165, 1.54) is 12.8 Å². The minimum Gasteiger partial charge on any atom is -0.493 e. The molecule has 1 aromatic rings. The summed E-state index contributed by atoms with van der Waals surface area (Å²) >= 11 is 3.55. The quantitative estimate of drug-likeness (QED) is 0.795. The van der Waals surface area contributed by atoms with E-state index < -0.39 is 5.97 Å². The molecule has 0 unspecified atom stereocenters. The highest BCUT2D eigenvalue weighted by molar-refractivity contribution is 9.10. The van der Waals surface area contributed by atoms with E-state index in [1.807, 2.05) is 12.1 Å². The minimum atomic E-state index is -0.762. The molecule has 0 aliphatic heterocycles. The first-order valence-electron chi connectivity index (χ1n) is 7.35. The van der Waals surface area contributed by atoms with Crippen LogP contribution in [0, 0.1) is 0 Å². The second-order valence-electron chi connectivity index (χ2n) is 5.38. The van der Waals surface area contributed by atoms with Crippen molar-refractivity contribution >= 4 is 21.9 Å². The molecule has 1 aliphatic carbocycles. The Morgan fingerprint density at radius 1 is 1.38 bits per heavy atom. The van der Waals surface area contributed by atoms with Crippen LogP contribution < -0.4 is 9.47 Å². The summed E-state index contributed by atoms with van der Waals surface area (Å²) in [5.41, 5.74) is 1.05. The summed E-state index contributed by atoms with van der Waals surface area (Å²) < 4.78 is 12.4. The van der Waals surface area contributed by atoms with Crippen LogP contribution in [0.5, 0.6) is 11.5 Å². The van der Waals surface area contributed by atoms with Crippen molar-refractivity contribution in [3.8, 4) is 11.5 Å². The Bertz CT molecular complexity index is 495. The predicted molar refractivity (Wildman–Crippen MR) is 84.2 cm³/mol. The van der Waals surface area contributed by atoms with Gasteiger partial charge in [-0.2, -0.15) is 0 Å². The van der Waals surface area contributed by atoms with Crippen molar-refractivity contribution < 1.29 is 19.4 Å². The fraction of sp³-hybridized carbons (Fsp3) is 0.562. The molecular weight excluding hydrogens is 336 g/mol. The number of aliphatic carboxylic acids is 1. The Labute approximate surface area is 133 Å². The van der Waals surface area contributed by atoms with E-state index in [9.17, 15) is 4.79 Å². The molecule has 0 amide bonds. The van der Waals surface area contributed by atoms with Crippen LogP contribution in [-0.4, -0.2) is 24.3 Å². The van der Waals surface area contributed by atoms with Crippen LogP contribution in [0.15, 0.2) is 16.6 Å². The lowest BCUT2D eigenvalue weighted by molar-refractivity contribution is -0.137. The van der Waals surface area contributed by atoms with Gasteiger partial charge in [0.05, 0.1) is 17.7 Å². The summed E-state index contributed by atoms with van der Waals surface area (Å²) in [6.45, 7) is 0. The zero-order valence-corrected chi connectivity index (χ0v) is 13.8. The van der Waals surface area contributed by atoms with Gasteiger partial charge in [-0.1, -0.05) is 0 Å². The second-order valence-corrected chi connectivity index (χ2v) is 6.23. The molecule has 1 fully saturated rings. The third-order valence-electron chi connectivity index (χ3n) is 3.73. The number of carboxylic acids is 1. The molecule has 0 aromatic heterocycles. The van der Waals surface area contributed by atoms with E-state index in [1.54, 1.807) is 7.11 Å². The monoisotopic (exact) mass is 356 g/mol. The van der Waals surface area contributed by atoms with E-state index in [0.717, 1.165) is 28.6 Å². The van der Waals surface area contributed by atoms with Crippen molar-refractivity contribution in [2.24, 2.45) is 0 Å². The average Bonchev–Trinajstić information content (AvgIpc) is 2.94. The standard InChI is InChI=1S/C16H21BrO4/c1-20-14-10-11(5-4-8-15(18)19)9-13(17)16(14)21-12-6-2-3-7-12/h9-10,12H,2-8H2,1H3,(H,18,19). The van der Waals surface area contributed by atoms with Crippen molar-refractivity contribution in [2.45, 2.75) is 51.0 Å². The molecular formula is C16H21BrO4. The number of hydrogen-bond donors (Lipinski definition) is 1. The van der Waals surface area contributed by atoms with Gasteiger partial charge in [0.25, 0.3) is 0 Å². The van der Waals surface area contributed by atoms with Crippen molar-refractivity contribution in [1.82, 2.24) is 0 Å². The molecule has 21 heavy (non-hydrogen) atoms. The molecule has 1 aromatic carbocycles. The number of rotatable bonds is 7. The third kappa shape index (κ3) is 4.63. The molecule has 1 saturated carbocycles. The summed E-state index contributed by atoms with van der Waals surface area (Å²) in [5, 5.41) is 8.70. The van der Waals surface area contributed by atoms with Crippen molar-refractivity contribution in [3.63, 3.8) is 0 Å². The zero-order chi connectivity index (χ0) is 15.2. The molecule has 0 saturated heterocycles. The predicted octanol–water partition coefficient (Wildman–Crippen LogP) is 4.19. The van der Waals surface area contributed by atoms with Crippen molar-refractivity contribution in [3.05, 3.63) is 22.2 Å². The van der Waals surface area contributed by atoms with Crippen LogP contribution in [0.25, 0.3) is 0 Å². The number of halogens is 1. The Balaban J connectivity index is 2.08. The SMILES string of the molecule is COc1cc(CCCC(=O)O)cc(Br)c1OC1CCCC1. The lowest BCUT2D eigenvalue weighted by Crippen LogP contribution is -2.12. The van der Waals surface area contributed by atoms with Gasteiger partial charge in [0.2, 0.25) is 0 Å². The molecule has 0 heterocycles. The first-order chi connectivity index (χ1) is 10.1. The highest BCUT2D eigenvalue weighted by Crippen LogP contribution is 2.39. The topological polar surface area (TPSA) is 55.8 Å². The molecule has 116 valence electrons. The largest absolute Gasteiger partial charge is 0.493 e. The Kier molecular flexibility index (Phi) is 5.91. The highest BCUT2D eigenvalue weighted by atomic mass is 79.9. The van der Waals surface area contributed by atoms with Gasteiger partial charge in [-0.15, -0.1) is 0 Å².